The van der Waals surface area contributed by atoms with Crippen LogP contribution in [0.5, 0.6) is 0 Å². The zero-order valence-electron chi connectivity index (χ0n) is 8.71. The fraction of sp³-hybridized carbons (Fsp3) is 0.500. The van der Waals surface area contributed by atoms with Crippen molar-refractivity contribution in [3.8, 4) is 0 Å². The maximum atomic E-state index is 6.07. The van der Waals surface area contributed by atoms with Crippen molar-refractivity contribution in [3.63, 3.8) is 0 Å². The maximum absolute atomic E-state index is 6.07. The van der Waals surface area contributed by atoms with E-state index in [4.69, 9.17) is 11.5 Å². The van der Waals surface area contributed by atoms with Gasteiger partial charge in [0.1, 0.15) is 5.82 Å². The van der Waals surface area contributed by atoms with Crippen molar-refractivity contribution in [1.82, 2.24) is 4.98 Å². The fourth-order valence-corrected chi connectivity index (χ4v) is 1.68. The smallest absolute Gasteiger partial charge is 0.128 e. The zero-order chi connectivity index (χ0) is 10.9. The predicted octanol–water partition coefficient (Wildman–Crippen LogP) is 2.39. The van der Waals surface area contributed by atoms with Gasteiger partial charge in [-0.25, -0.2) is 4.98 Å². The highest BCUT2D eigenvalue weighted by atomic mass is 79.9. The Kier molecular flexibility index (Phi) is 3.50. The molecule has 1 atom stereocenters. The summed E-state index contributed by atoms with van der Waals surface area (Å²) < 4.78 is 0.956. The largest absolute Gasteiger partial charge is 0.383 e. The van der Waals surface area contributed by atoms with Gasteiger partial charge in [-0.15, -0.1) is 0 Å². The first kappa shape index (κ1) is 11.5. The van der Waals surface area contributed by atoms with Crippen LogP contribution in [0.15, 0.2) is 10.7 Å². The van der Waals surface area contributed by atoms with Gasteiger partial charge in [-0.1, -0.05) is 13.8 Å². The van der Waals surface area contributed by atoms with Crippen molar-refractivity contribution in [3.05, 3.63) is 21.8 Å². The van der Waals surface area contributed by atoms with Crippen LogP contribution in [-0.2, 0) is 0 Å². The van der Waals surface area contributed by atoms with E-state index >= 15 is 0 Å². The molecular formula is C10H16BrN3. The number of aromatic nitrogens is 1. The third-order valence-corrected chi connectivity index (χ3v) is 3.21. The average molecular weight is 258 g/mol. The Morgan fingerprint density at radius 2 is 2.00 bits per heavy atom. The highest BCUT2D eigenvalue weighted by molar-refractivity contribution is 9.10. The molecule has 3 nitrogen and oxygen atoms in total. The van der Waals surface area contributed by atoms with Crippen LogP contribution in [0.4, 0.5) is 5.82 Å². The molecule has 0 radical (unpaired) electrons. The summed E-state index contributed by atoms with van der Waals surface area (Å²) in [7, 11) is 0. The third-order valence-electron chi connectivity index (χ3n) is 2.41. The van der Waals surface area contributed by atoms with Gasteiger partial charge in [-0.05, 0) is 34.3 Å². The molecule has 1 heterocycles. The average Bonchev–Trinajstić information content (AvgIpc) is 2.12. The molecule has 4 N–H and O–H groups in total. The molecule has 0 spiro atoms. The van der Waals surface area contributed by atoms with E-state index in [1.54, 1.807) is 6.20 Å². The van der Waals surface area contributed by atoms with E-state index in [2.05, 4.69) is 34.8 Å². The lowest BCUT2D eigenvalue weighted by Crippen LogP contribution is -2.20. The van der Waals surface area contributed by atoms with Gasteiger partial charge >= 0.3 is 0 Å². The normalized spacial score (nSPS) is 13.3. The quantitative estimate of drug-likeness (QED) is 0.856. The van der Waals surface area contributed by atoms with Crippen LogP contribution in [0.3, 0.4) is 0 Å². The monoisotopic (exact) mass is 257 g/mol. The number of rotatable bonds is 2. The number of anilines is 1. The summed E-state index contributed by atoms with van der Waals surface area (Å²) >= 11 is 3.42. The number of nitrogens with zero attached hydrogens (tertiary/aromatic N) is 1. The van der Waals surface area contributed by atoms with Crippen LogP contribution in [0, 0.1) is 12.8 Å². The van der Waals surface area contributed by atoms with E-state index < -0.39 is 0 Å². The zero-order valence-corrected chi connectivity index (χ0v) is 10.3. The molecule has 78 valence electrons. The number of pyridine rings is 1. The van der Waals surface area contributed by atoms with Crippen LogP contribution in [0.25, 0.3) is 0 Å². The summed E-state index contributed by atoms with van der Waals surface area (Å²) in [6.07, 6.45) is 1.71. The highest BCUT2D eigenvalue weighted by Gasteiger charge is 2.18. The topological polar surface area (TPSA) is 64.9 Å². The van der Waals surface area contributed by atoms with Gasteiger partial charge in [0.2, 0.25) is 0 Å². The Bertz CT molecular complexity index is 336. The number of hydrogen-bond acceptors (Lipinski definition) is 3. The predicted molar refractivity (Wildman–Crippen MR) is 62.9 cm³/mol. The van der Waals surface area contributed by atoms with Gasteiger partial charge in [0.25, 0.3) is 0 Å². The van der Waals surface area contributed by atoms with Gasteiger partial charge < -0.3 is 11.5 Å². The SMILES string of the molecule is Cc1c(Br)cnc(N)c1[C@@H](N)C(C)C. The molecule has 0 aliphatic rings. The first-order valence-corrected chi connectivity index (χ1v) is 5.40. The molecule has 0 saturated carbocycles. The summed E-state index contributed by atoms with van der Waals surface area (Å²) in [4.78, 5) is 4.09. The van der Waals surface area contributed by atoms with Crippen LogP contribution >= 0.6 is 15.9 Å². The standard InChI is InChI=1S/C10H16BrN3/c1-5(2)9(12)8-6(3)7(11)4-14-10(8)13/h4-5,9H,12H2,1-3H3,(H2,13,14)/t9-/m0/s1. The summed E-state index contributed by atoms with van der Waals surface area (Å²) in [6, 6.07) is -0.0556. The van der Waals surface area contributed by atoms with E-state index in [-0.39, 0.29) is 6.04 Å². The van der Waals surface area contributed by atoms with Gasteiger partial charge in [0.05, 0.1) is 0 Å². The summed E-state index contributed by atoms with van der Waals surface area (Å²) in [5.74, 6) is 0.888. The molecule has 1 aromatic rings. The number of nitrogen functional groups attached to an aromatic ring is 1. The van der Waals surface area contributed by atoms with Crippen molar-refractivity contribution in [2.75, 3.05) is 5.73 Å². The number of nitrogens with two attached hydrogens (primary N) is 2. The molecule has 4 heteroatoms. The lowest BCUT2D eigenvalue weighted by molar-refractivity contribution is 0.512. The molecule has 0 unspecified atom stereocenters. The minimum Gasteiger partial charge on any atom is -0.383 e. The second-order valence-electron chi connectivity index (χ2n) is 3.80. The summed E-state index contributed by atoms with van der Waals surface area (Å²) in [5, 5.41) is 0. The van der Waals surface area contributed by atoms with Crippen molar-refractivity contribution >= 4 is 21.7 Å². The van der Waals surface area contributed by atoms with Crippen LogP contribution < -0.4 is 11.5 Å². The molecule has 1 aromatic heterocycles. The Morgan fingerprint density at radius 3 is 2.50 bits per heavy atom. The molecular weight excluding hydrogens is 242 g/mol. The molecule has 0 bridgehead atoms. The van der Waals surface area contributed by atoms with Gasteiger partial charge in [-0.2, -0.15) is 0 Å². The Balaban J connectivity index is 3.25. The first-order chi connectivity index (χ1) is 6.45. The summed E-state index contributed by atoms with van der Waals surface area (Å²) in [6.45, 7) is 6.15. The minimum atomic E-state index is -0.0556. The third kappa shape index (κ3) is 2.07. The van der Waals surface area contributed by atoms with E-state index in [0.717, 1.165) is 15.6 Å². The molecule has 0 aliphatic heterocycles. The molecule has 0 amide bonds. The van der Waals surface area contributed by atoms with E-state index in [9.17, 15) is 0 Å². The van der Waals surface area contributed by atoms with Crippen molar-refractivity contribution in [2.45, 2.75) is 26.8 Å². The Labute approximate surface area is 93.0 Å². The molecule has 0 aromatic carbocycles. The van der Waals surface area contributed by atoms with Crippen LogP contribution in [0.2, 0.25) is 0 Å². The lowest BCUT2D eigenvalue weighted by Gasteiger charge is -2.20. The molecule has 0 saturated heterocycles. The minimum absolute atomic E-state index is 0.0556. The fourth-order valence-electron chi connectivity index (χ4n) is 1.37. The van der Waals surface area contributed by atoms with E-state index in [1.807, 2.05) is 6.92 Å². The maximum Gasteiger partial charge on any atom is 0.128 e. The van der Waals surface area contributed by atoms with Gasteiger partial charge in [0, 0.05) is 22.3 Å². The second-order valence-corrected chi connectivity index (χ2v) is 4.65. The summed E-state index contributed by atoms with van der Waals surface area (Å²) in [5.41, 5.74) is 13.9. The second kappa shape index (κ2) is 4.28. The molecule has 0 fully saturated rings. The van der Waals surface area contributed by atoms with E-state index in [1.165, 1.54) is 0 Å². The molecule has 14 heavy (non-hydrogen) atoms. The first-order valence-electron chi connectivity index (χ1n) is 4.61. The van der Waals surface area contributed by atoms with Crippen molar-refractivity contribution in [2.24, 2.45) is 11.7 Å². The molecule has 0 aliphatic carbocycles. The van der Waals surface area contributed by atoms with Crippen LogP contribution in [0.1, 0.15) is 31.0 Å². The van der Waals surface area contributed by atoms with Crippen molar-refractivity contribution < 1.29 is 0 Å². The molecule has 1 rings (SSSR count). The Hall–Kier alpha value is -0.610. The van der Waals surface area contributed by atoms with E-state index in [0.29, 0.717) is 11.7 Å². The van der Waals surface area contributed by atoms with Gasteiger partial charge in [-0.3, -0.25) is 0 Å². The van der Waals surface area contributed by atoms with Crippen LogP contribution in [-0.4, -0.2) is 4.98 Å². The Morgan fingerprint density at radius 1 is 1.43 bits per heavy atom. The lowest BCUT2D eigenvalue weighted by atomic mass is 9.94. The van der Waals surface area contributed by atoms with Crippen molar-refractivity contribution in [1.29, 1.82) is 0 Å². The van der Waals surface area contributed by atoms with Gasteiger partial charge in [0.15, 0.2) is 0 Å². The highest BCUT2D eigenvalue weighted by Crippen LogP contribution is 2.30. The number of halogens is 1. The number of hydrogen-bond donors (Lipinski definition) is 2.